The quantitative estimate of drug-likeness (QED) is 0.936. The number of rotatable bonds is 3. The second kappa shape index (κ2) is 6.46. The summed E-state index contributed by atoms with van der Waals surface area (Å²) in [5, 5.41) is 5.24. The zero-order valence-electron chi connectivity index (χ0n) is 13.2. The van der Waals surface area contributed by atoms with E-state index >= 15 is 0 Å². The minimum absolute atomic E-state index is 0.0898. The molecule has 1 aromatic carbocycles. The molecule has 120 valence electrons. The summed E-state index contributed by atoms with van der Waals surface area (Å²) < 4.78 is 0. The third-order valence-electron chi connectivity index (χ3n) is 5.25. The van der Waals surface area contributed by atoms with Crippen molar-refractivity contribution in [2.24, 2.45) is 5.92 Å². The molecule has 0 saturated carbocycles. The molecule has 2 aliphatic rings. The first-order chi connectivity index (χ1) is 11.3. The van der Waals surface area contributed by atoms with Crippen LogP contribution < -0.4 is 5.32 Å². The van der Waals surface area contributed by atoms with Crippen molar-refractivity contribution in [1.29, 1.82) is 0 Å². The number of nitrogens with one attached hydrogen (secondary N) is 1. The van der Waals surface area contributed by atoms with Gasteiger partial charge in [-0.3, -0.25) is 9.69 Å². The van der Waals surface area contributed by atoms with Gasteiger partial charge in [-0.1, -0.05) is 24.3 Å². The van der Waals surface area contributed by atoms with Crippen molar-refractivity contribution in [2.75, 3.05) is 19.6 Å². The Morgan fingerprint density at radius 1 is 1.13 bits per heavy atom. The van der Waals surface area contributed by atoms with E-state index in [1.54, 1.807) is 0 Å². The number of likely N-dealkylation sites (tertiary alicyclic amines) is 1. The maximum absolute atomic E-state index is 12.0. The highest BCUT2D eigenvalue weighted by Crippen LogP contribution is 2.36. The summed E-state index contributed by atoms with van der Waals surface area (Å²) in [5.41, 5.74) is 2.14. The highest BCUT2D eigenvalue weighted by Gasteiger charge is 2.32. The van der Waals surface area contributed by atoms with Crippen molar-refractivity contribution in [3.63, 3.8) is 0 Å². The van der Waals surface area contributed by atoms with Crippen LogP contribution in [0.15, 0.2) is 41.8 Å². The molecule has 1 N–H and O–H groups in total. The summed E-state index contributed by atoms with van der Waals surface area (Å²) in [7, 11) is 0. The lowest BCUT2D eigenvalue weighted by atomic mass is 9.77. The summed E-state index contributed by atoms with van der Waals surface area (Å²) in [6.45, 7) is 4.21. The molecule has 0 aliphatic carbocycles. The van der Waals surface area contributed by atoms with Crippen molar-refractivity contribution >= 4 is 17.2 Å². The zero-order valence-corrected chi connectivity index (χ0v) is 14.0. The topological polar surface area (TPSA) is 32.3 Å². The van der Waals surface area contributed by atoms with E-state index in [2.05, 4.69) is 39.9 Å². The van der Waals surface area contributed by atoms with E-state index in [-0.39, 0.29) is 5.91 Å². The van der Waals surface area contributed by atoms with Gasteiger partial charge in [0, 0.05) is 29.4 Å². The fourth-order valence-electron chi connectivity index (χ4n) is 3.99. The van der Waals surface area contributed by atoms with Gasteiger partial charge in [0.15, 0.2) is 0 Å². The Hall–Kier alpha value is -1.65. The molecule has 1 atom stereocenters. The summed E-state index contributed by atoms with van der Waals surface area (Å²) in [6, 6.07) is 12.5. The van der Waals surface area contributed by atoms with Crippen molar-refractivity contribution in [1.82, 2.24) is 10.2 Å². The van der Waals surface area contributed by atoms with Crippen molar-refractivity contribution < 1.29 is 4.79 Å². The SMILES string of the molecule is O=C1NCC(C2CCN(Cc3cccs3)CC2)c2ccccc21. The van der Waals surface area contributed by atoms with Crippen LogP contribution in [0.2, 0.25) is 0 Å². The molecule has 1 aromatic heterocycles. The standard InChI is InChI=1S/C19H22N2OS/c22-19-17-6-2-1-5-16(17)18(12-20-19)14-7-9-21(10-8-14)13-15-4-3-11-23-15/h1-6,11,14,18H,7-10,12-13H2,(H,20,22). The van der Waals surface area contributed by atoms with E-state index in [4.69, 9.17) is 0 Å². The molecular formula is C19H22N2OS. The van der Waals surface area contributed by atoms with E-state index < -0.39 is 0 Å². The molecule has 0 bridgehead atoms. The molecule has 3 nitrogen and oxygen atoms in total. The molecule has 0 spiro atoms. The van der Waals surface area contributed by atoms with E-state index in [1.807, 2.05) is 23.5 Å². The third-order valence-corrected chi connectivity index (χ3v) is 6.11. The van der Waals surface area contributed by atoms with Crippen LogP contribution >= 0.6 is 11.3 Å². The van der Waals surface area contributed by atoms with Crippen LogP contribution in [-0.4, -0.2) is 30.4 Å². The van der Waals surface area contributed by atoms with Gasteiger partial charge < -0.3 is 5.32 Å². The Bertz CT molecular complexity index is 674. The fraction of sp³-hybridized carbons (Fsp3) is 0.421. The van der Waals surface area contributed by atoms with Crippen LogP contribution in [0.5, 0.6) is 0 Å². The molecule has 4 heteroatoms. The van der Waals surface area contributed by atoms with E-state index in [9.17, 15) is 4.79 Å². The van der Waals surface area contributed by atoms with Crippen LogP contribution in [0, 0.1) is 5.92 Å². The van der Waals surface area contributed by atoms with Gasteiger partial charge in [0.2, 0.25) is 0 Å². The first-order valence-electron chi connectivity index (χ1n) is 8.43. The zero-order chi connectivity index (χ0) is 15.6. The molecule has 1 saturated heterocycles. The van der Waals surface area contributed by atoms with Gasteiger partial charge in [-0.05, 0) is 54.9 Å². The van der Waals surface area contributed by atoms with Gasteiger partial charge in [0.1, 0.15) is 0 Å². The van der Waals surface area contributed by atoms with E-state index in [0.717, 1.165) is 31.7 Å². The van der Waals surface area contributed by atoms with E-state index in [1.165, 1.54) is 23.3 Å². The average molecular weight is 326 g/mol. The number of thiophene rings is 1. The lowest BCUT2D eigenvalue weighted by Gasteiger charge is -2.38. The molecule has 4 rings (SSSR count). The Morgan fingerprint density at radius 3 is 2.74 bits per heavy atom. The maximum atomic E-state index is 12.0. The predicted octanol–water partition coefficient (Wildman–Crippen LogP) is 3.49. The number of amides is 1. The Balaban J connectivity index is 1.43. The smallest absolute Gasteiger partial charge is 0.251 e. The van der Waals surface area contributed by atoms with Crippen LogP contribution in [0.3, 0.4) is 0 Å². The Kier molecular flexibility index (Phi) is 4.19. The molecule has 1 fully saturated rings. The number of piperidine rings is 1. The van der Waals surface area contributed by atoms with Gasteiger partial charge in [0.25, 0.3) is 5.91 Å². The molecule has 1 amide bonds. The van der Waals surface area contributed by atoms with Crippen molar-refractivity contribution in [3.05, 3.63) is 57.8 Å². The molecule has 0 radical (unpaired) electrons. The van der Waals surface area contributed by atoms with Crippen molar-refractivity contribution in [2.45, 2.75) is 25.3 Å². The Labute approximate surface area is 141 Å². The molecule has 2 aromatic rings. The maximum Gasteiger partial charge on any atom is 0.251 e. The highest BCUT2D eigenvalue weighted by molar-refractivity contribution is 7.09. The highest BCUT2D eigenvalue weighted by atomic mass is 32.1. The van der Waals surface area contributed by atoms with Crippen LogP contribution in [0.1, 0.15) is 39.6 Å². The van der Waals surface area contributed by atoms with Crippen LogP contribution in [0.25, 0.3) is 0 Å². The number of carbonyl (C=O) groups excluding carboxylic acids is 1. The molecular weight excluding hydrogens is 304 g/mol. The second-order valence-electron chi connectivity index (χ2n) is 6.60. The first-order valence-corrected chi connectivity index (χ1v) is 9.31. The lowest BCUT2D eigenvalue weighted by Crippen LogP contribution is -2.41. The summed E-state index contributed by atoms with van der Waals surface area (Å²) in [4.78, 5) is 16.0. The van der Waals surface area contributed by atoms with E-state index in [0.29, 0.717) is 11.8 Å². The fourth-order valence-corrected chi connectivity index (χ4v) is 4.74. The van der Waals surface area contributed by atoms with Crippen molar-refractivity contribution in [3.8, 4) is 0 Å². The number of nitrogens with zero attached hydrogens (tertiary/aromatic N) is 1. The lowest BCUT2D eigenvalue weighted by molar-refractivity contribution is 0.0922. The van der Waals surface area contributed by atoms with Gasteiger partial charge >= 0.3 is 0 Å². The van der Waals surface area contributed by atoms with Crippen LogP contribution in [-0.2, 0) is 6.54 Å². The summed E-state index contributed by atoms with van der Waals surface area (Å²) in [6.07, 6.45) is 2.44. The molecule has 1 unspecified atom stereocenters. The summed E-state index contributed by atoms with van der Waals surface area (Å²) >= 11 is 1.85. The normalized spacial score (nSPS) is 22.6. The predicted molar refractivity (Wildman–Crippen MR) is 93.8 cm³/mol. The minimum Gasteiger partial charge on any atom is -0.351 e. The Morgan fingerprint density at radius 2 is 1.96 bits per heavy atom. The summed E-state index contributed by atoms with van der Waals surface area (Å²) in [5.74, 6) is 1.25. The van der Waals surface area contributed by atoms with Gasteiger partial charge in [-0.2, -0.15) is 0 Å². The number of carbonyl (C=O) groups is 1. The monoisotopic (exact) mass is 326 g/mol. The number of hydrogen-bond acceptors (Lipinski definition) is 3. The number of fused-ring (bicyclic) bond motifs is 1. The third kappa shape index (κ3) is 3.06. The second-order valence-corrected chi connectivity index (χ2v) is 7.63. The molecule has 23 heavy (non-hydrogen) atoms. The van der Waals surface area contributed by atoms with Gasteiger partial charge in [-0.15, -0.1) is 11.3 Å². The largest absolute Gasteiger partial charge is 0.351 e. The first kappa shape index (κ1) is 14.9. The van der Waals surface area contributed by atoms with Gasteiger partial charge in [0.05, 0.1) is 0 Å². The van der Waals surface area contributed by atoms with Crippen LogP contribution in [0.4, 0.5) is 0 Å². The molecule has 2 aliphatic heterocycles. The number of benzene rings is 1. The average Bonchev–Trinajstić information content (AvgIpc) is 3.10. The minimum atomic E-state index is 0.0898. The molecule has 3 heterocycles. The number of hydrogen-bond donors (Lipinski definition) is 1. The van der Waals surface area contributed by atoms with Gasteiger partial charge in [-0.25, -0.2) is 0 Å².